The number of anilines is 1. The zero-order valence-corrected chi connectivity index (χ0v) is 13.0. The lowest BCUT2D eigenvalue weighted by Gasteiger charge is -2.12. The highest BCUT2D eigenvalue weighted by Crippen LogP contribution is 2.24. The molecule has 6 nitrogen and oxygen atoms in total. The first-order valence-corrected chi connectivity index (χ1v) is 9.09. The standard InChI is InChI=1S/C9H13BrN2O4S2/c1-6-3-8(18(11,15)16)4-9(7(6)2)12-17(13,14)5-10/h3-4,12H,5H2,1-2H3,(H2,11,15,16). The van der Waals surface area contributed by atoms with Gasteiger partial charge in [0.2, 0.25) is 20.0 Å². The summed E-state index contributed by atoms with van der Waals surface area (Å²) in [6.45, 7) is 3.37. The van der Waals surface area contributed by atoms with Gasteiger partial charge in [0, 0.05) is 0 Å². The highest BCUT2D eigenvalue weighted by Gasteiger charge is 2.16. The number of nitrogens with one attached hydrogen (secondary N) is 1. The molecular weight excluding hydrogens is 344 g/mol. The van der Waals surface area contributed by atoms with E-state index in [1.807, 2.05) is 0 Å². The number of aryl methyl sites for hydroxylation is 1. The summed E-state index contributed by atoms with van der Waals surface area (Å²) in [5.41, 5.74) is 1.49. The first-order valence-electron chi connectivity index (χ1n) is 4.77. The first-order chi connectivity index (χ1) is 8.07. The molecule has 9 heteroatoms. The van der Waals surface area contributed by atoms with Gasteiger partial charge in [0.1, 0.15) is 4.66 Å². The average molecular weight is 357 g/mol. The lowest BCUT2D eigenvalue weighted by atomic mass is 10.1. The SMILES string of the molecule is Cc1cc(S(N)(=O)=O)cc(NS(=O)(=O)CBr)c1C. The van der Waals surface area contributed by atoms with Gasteiger partial charge in [0.05, 0.1) is 10.6 Å². The summed E-state index contributed by atoms with van der Waals surface area (Å²) in [5, 5.41) is 5.03. The van der Waals surface area contributed by atoms with Crippen molar-refractivity contribution < 1.29 is 16.8 Å². The fraction of sp³-hybridized carbons (Fsp3) is 0.333. The van der Waals surface area contributed by atoms with Crippen molar-refractivity contribution in [2.24, 2.45) is 5.14 Å². The van der Waals surface area contributed by atoms with Crippen LogP contribution in [0.3, 0.4) is 0 Å². The van der Waals surface area contributed by atoms with Crippen LogP contribution in [0.5, 0.6) is 0 Å². The molecule has 1 aromatic rings. The molecule has 1 aromatic carbocycles. The van der Waals surface area contributed by atoms with Gasteiger partial charge in [-0.1, -0.05) is 15.9 Å². The first kappa shape index (κ1) is 15.4. The van der Waals surface area contributed by atoms with E-state index in [4.69, 9.17) is 5.14 Å². The zero-order chi connectivity index (χ0) is 14.1. The van der Waals surface area contributed by atoms with Crippen LogP contribution in [0.4, 0.5) is 5.69 Å². The van der Waals surface area contributed by atoms with E-state index >= 15 is 0 Å². The van der Waals surface area contributed by atoms with E-state index in [1.54, 1.807) is 13.8 Å². The maximum absolute atomic E-state index is 11.5. The second-order valence-electron chi connectivity index (χ2n) is 3.78. The van der Waals surface area contributed by atoms with E-state index in [0.29, 0.717) is 11.1 Å². The predicted octanol–water partition coefficient (Wildman–Crippen LogP) is 1.04. The van der Waals surface area contributed by atoms with Crippen molar-refractivity contribution in [3.63, 3.8) is 0 Å². The molecule has 3 N–H and O–H groups in total. The summed E-state index contributed by atoms with van der Waals surface area (Å²) in [6, 6.07) is 2.61. The molecular formula is C9H13BrN2O4S2. The third-order valence-corrected chi connectivity index (χ3v) is 5.90. The van der Waals surface area contributed by atoms with Crippen molar-refractivity contribution in [3.05, 3.63) is 23.3 Å². The molecule has 0 fully saturated rings. The monoisotopic (exact) mass is 356 g/mol. The molecule has 0 spiro atoms. The van der Waals surface area contributed by atoms with Crippen molar-refractivity contribution in [2.45, 2.75) is 18.7 Å². The Balaban J connectivity index is 3.41. The number of nitrogens with two attached hydrogens (primary N) is 1. The third-order valence-electron chi connectivity index (χ3n) is 2.38. The Hall–Kier alpha value is -0.640. The highest BCUT2D eigenvalue weighted by molar-refractivity contribution is 9.10. The number of rotatable bonds is 4. The van der Waals surface area contributed by atoms with Crippen molar-refractivity contribution >= 4 is 41.7 Å². The van der Waals surface area contributed by atoms with Gasteiger partial charge in [-0.15, -0.1) is 0 Å². The van der Waals surface area contributed by atoms with Gasteiger partial charge in [-0.3, -0.25) is 4.72 Å². The number of hydrogen-bond acceptors (Lipinski definition) is 4. The summed E-state index contributed by atoms with van der Waals surface area (Å²) in [7, 11) is -7.42. The van der Waals surface area contributed by atoms with Gasteiger partial charge in [0.25, 0.3) is 0 Å². The molecule has 0 saturated carbocycles. The fourth-order valence-corrected chi connectivity index (χ4v) is 2.86. The average Bonchev–Trinajstić information content (AvgIpc) is 2.22. The maximum atomic E-state index is 11.5. The Morgan fingerprint density at radius 1 is 1.22 bits per heavy atom. The summed E-state index contributed by atoms with van der Waals surface area (Å²) < 4.78 is 47.5. The summed E-state index contributed by atoms with van der Waals surface area (Å²) in [5.74, 6) is 0. The highest BCUT2D eigenvalue weighted by atomic mass is 79.9. The van der Waals surface area contributed by atoms with Crippen molar-refractivity contribution in [1.29, 1.82) is 0 Å². The van der Waals surface area contributed by atoms with Crippen LogP contribution in [0.1, 0.15) is 11.1 Å². The molecule has 0 unspecified atom stereocenters. The van der Waals surface area contributed by atoms with Crippen LogP contribution >= 0.6 is 15.9 Å². The zero-order valence-electron chi connectivity index (χ0n) is 9.77. The van der Waals surface area contributed by atoms with E-state index in [-0.39, 0.29) is 15.2 Å². The normalized spacial score (nSPS) is 12.4. The molecule has 0 radical (unpaired) electrons. The Morgan fingerprint density at radius 2 is 1.78 bits per heavy atom. The Morgan fingerprint density at radius 3 is 2.22 bits per heavy atom. The van der Waals surface area contributed by atoms with Gasteiger partial charge >= 0.3 is 0 Å². The molecule has 0 aliphatic heterocycles. The van der Waals surface area contributed by atoms with Crippen LogP contribution in [-0.4, -0.2) is 21.5 Å². The molecule has 102 valence electrons. The number of sulfonamides is 2. The second-order valence-corrected chi connectivity index (χ2v) is 8.37. The van der Waals surface area contributed by atoms with Gasteiger partial charge in [-0.25, -0.2) is 22.0 Å². The fourth-order valence-electron chi connectivity index (χ4n) is 1.29. The van der Waals surface area contributed by atoms with Crippen LogP contribution in [0.2, 0.25) is 0 Å². The predicted molar refractivity (Wildman–Crippen MR) is 73.6 cm³/mol. The van der Waals surface area contributed by atoms with Gasteiger partial charge in [-0.2, -0.15) is 0 Å². The largest absolute Gasteiger partial charge is 0.283 e. The second kappa shape index (κ2) is 5.16. The molecule has 0 aliphatic carbocycles. The molecule has 1 rings (SSSR count). The van der Waals surface area contributed by atoms with E-state index in [9.17, 15) is 16.8 Å². The Bertz CT molecular complexity index is 668. The summed E-state index contributed by atoms with van der Waals surface area (Å²) in [4.78, 5) is -0.127. The van der Waals surface area contributed by atoms with Gasteiger partial charge < -0.3 is 0 Å². The Labute approximate surface area is 115 Å². The lowest BCUT2D eigenvalue weighted by Crippen LogP contribution is -2.17. The maximum Gasteiger partial charge on any atom is 0.242 e. The van der Waals surface area contributed by atoms with Crippen molar-refractivity contribution in [3.8, 4) is 0 Å². The minimum Gasteiger partial charge on any atom is -0.283 e. The molecule has 0 amide bonds. The summed E-state index contributed by atoms with van der Waals surface area (Å²) >= 11 is 2.84. The quantitative estimate of drug-likeness (QED) is 0.786. The van der Waals surface area contributed by atoms with Crippen LogP contribution in [0.25, 0.3) is 0 Å². The van der Waals surface area contributed by atoms with Gasteiger partial charge in [-0.05, 0) is 37.1 Å². The number of halogens is 1. The summed E-state index contributed by atoms with van der Waals surface area (Å²) in [6.07, 6.45) is 0. The van der Waals surface area contributed by atoms with Crippen molar-refractivity contribution in [2.75, 3.05) is 9.38 Å². The van der Waals surface area contributed by atoms with E-state index in [0.717, 1.165) is 0 Å². The molecule has 0 saturated heterocycles. The van der Waals surface area contributed by atoms with E-state index in [2.05, 4.69) is 20.7 Å². The topological polar surface area (TPSA) is 106 Å². The smallest absolute Gasteiger partial charge is 0.242 e. The molecule has 0 aliphatic rings. The van der Waals surface area contributed by atoms with Crippen molar-refractivity contribution in [1.82, 2.24) is 0 Å². The number of hydrogen-bond donors (Lipinski definition) is 2. The number of benzene rings is 1. The molecule has 0 bridgehead atoms. The lowest BCUT2D eigenvalue weighted by molar-refractivity contribution is 0.597. The van der Waals surface area contributed by atoms with E-state index < -0.39 is 20.0 Å². The Kier molecular flexibility index (Phi) is 4.42. The molecule has 0 aromatic heterocycles. The van der Waals surface area contributed by atoms with Crippen LogP contribution in [0.15, 0.2) is 17.0 Å². The molecule has 18 heavy (non-hydrogen) atoms. The minimum absolute atomic E-state index is 0.127. The van der Waals surface area contributed by atoms with Gasteiger partial charge in [0.15, 0.2) is 0 Å². The number of alkyl halides is 1. The number of primary sulfonamides is 1. The van der Waals surface area contributed by atoms with Crippen LogP contribution < -0.4 is 9.86 Å². The van der Waals surface area contributed by atoms with E-state index in [1.165, 1.54) is 12.1 Å². The van der Waals surface area contributed by atoms with Crippen LogP contribution in [0, 0.1) is 13.8 Å². The molecule has 0 heterocycles. The third kappa shape index (κ3) is 3.67. The molecule has 0 atom stereocenters. The van der Waals surface area contributed by atoms with Crippen LogP contribution in [-0.2, 0) is 20.0 Å². The minimum atomic E-state index is -3.87.